The van der Waals surface area contributed by atoms with Crippen molar-refractivity contribution in [2.24, 2.45) is 5.92 Å². The topological polar surface area (TPSA) is 47.6 Å². The van der Waals surface area contributed by atoms with Gasteiger partial charge in [0, 0.05) is 12.2 Å². The zero-order valence-corrected chi connectivity index (χ0v) is 8.66. The van der Waals surface area contributed by atoms with E-state index in [1.807, 2.05) is 0 Å². The summed E-state index contributed by atoms with van der Waals surface area (Å²) >= 11 is 0. The van der Waals surface area contributed by atoms with Gasteiger partial charge >= 0.3 is 0 Å². The van der Waals surface area contributed by atoms with Gasteiger partial charge in [-0.15, -0.1) is 0 Å². The molecule has 0 heterocycles. The SMILES string of the molecule is CCC(C)C(C#N)(C#N)S(C)(F)F. The minimum absolute atomic E-state index is 0.400. The van der Waals surface area contributed by atoms with Crippen molar-refractivity contribution < 1.29 is 7.77 Å². The Balaban J connectivity index is 5.23. The molecule has 0 aliphatic carbocycles. The average Bonchev–Trinajstić information content (AvgIpc) is 2.04. The number of hydrogen-bond acceptors (Lipinski definition) is 2. The highest BCUT2D eigenvalue weighted by molar-refractivity contribution is 8.26. The molecule has 13 heavy (non-hydrogen) atoms. The standard InChI is InChI=1S/C8H12F2N2S/c1-4-7(2)8(5-11,6-12)13(3,9)10/h7H,4H2,1-3H3. The Kier molecular flexibility index (Phi) is 3.69. The van der Waals surface area contributed by atoms with Crippen molar-refractivity contribution in [3.05, 3.63) is 0 Å². The van der Waals surface area contributed by atoms with E-state index < -0.39 is 21.5 Å². The van der Waals surface area contributed by atoms with Gasteiger partial charge < -0.3 is 0 Å². The molecule has 0 radical (unpaired) electrons. The van der Waals surface area contributed by atoms with Crippen molar-refractivity contribution in [3.63, 3.8) is 0 Å². The first-order valence-corrected chi connectivity index (χ1v) is 5.69. The van der Waals surface area contributed by atoms with Gasteiger partial charge in [-0.05, 0) is 0 Å². The first kappa shape index (κ1) is 12.2. The molecular formula is C8H12F2N2S. The Morgan fingerprint density at radius 2 is 1.77 bits per heavy atom. The first-order chi connectivity index (χ1) is 5.85. The molecule has 0 aliphatic rings. The molecule has 2 nitrogen and oxygen atoms in total. The third kappa shape index (κ3) is 1.92. The van der Waals surface area contributed by atoms with Crippen LogP contribution in [0.15, 0.2) is 0 Å². The first-order valence-electron chi connectivity index (χ1n) is 3.85. The zero-order valence-electron chi connectivity index (χ0n) is 7.84. The molecule has 0 aromatic heterocycles. The molecule has 0 spiro atoms. The summed E-state index contributed by atoms with van der Waals surface area (Å²) in [6.07, 6.45) is 1.10. The van der Waals surface area contributed by atoms with Gasteiger partial charge in [0.05, 0.1) is 22.9 Å². The van der Waals surface area contributed by atoms with E-state index in [0.717, 1.165) is 0 Å². The second kappa shape index (κ2) is 3.93. The van der Waals surface area contributed by atoms with Crippen LogP contribution in [0.25, 0.3) is 0 Å². The largest absolute Gasteiger partial charge is 0.226 e. The molecule has 74 valence electrons. The fourth-order valence-corrected chi connectivity index (χ4v) is 2.24. The molecule has 0 rings (SSSR count). The molecule has 0 aromatic carbocycles. The maximum Gasteiger partial charge on any atom is 0.226 e. The maximum absolute atomic E-state index is 13.1. The van der Waals surface area contributed by atoms with E-state index in [4.69, 9.17) is 10.5 Å². The minimum Gasteiger partial charge on any atom is -0.195 e. The Labute approximate surface area is 79.1 Å². The smallest absolute Gasteiger partial charge is 0.195 e. The third-order valence-corrected chi connectivity index (χ3v) is 3.92. The van der Waals surface area contributed by atoms with Gasteiger partial charge in [-0.25, -0.2) is 0 Å². The van der Waals surface area contributed by atoms with Crippen LogP contribution in [0.2, 0.25) is 0 Å². The fraction of sp³-hybridized carbons (Fsp3) is 0.750. The zero-order chi connectivity index (χ0) is 10.7. The summed E-state index contributed by atoms with van der Waals surface area (Å²) < 4.78 is 24.1. The van der Waals surface area contributed by atoms with Crippen LogP contribution in [0.4, 0.5) is 7.77 Å². The van der Waals surface area contributed by atoms with E-state index in [1.165, 1.54) is 19.1 Å². The predicted octanol–water partition coefficient (Wildman–Crippen LogP) is 3.02. The number of rotatable bonds is 3. The van der Waals surface area contributed by atoms with Crippen LogP contribution in [-0.2, 0) is 0 Å². The molecule has 0 bridgehead atoms. The van der Waals surface area contributed by atoms with Gasteiger partial charge in [0.1, 0.15) is 0 Å². The second-order valence-electron chi connectivity index (χ2n) is 2.99. The molecule has 0 aliphatic heterocycles. The van der Waals surface area contributed by atoms with Crippen LogP contribution in [0.3, 0.4) is 0 Å². The van der Waals surface area contributed by atoms with E-state index in [0.29, 0.717) is 12.7 Å². The third-order valence-electron chi connectivity index (χ3n) is 2.20. The van der Waals surface area contributed by atoms with Gasteiger partial charge in [0.25, 0.3) is 0 Å². The van der Waals surface area contributed by atoms with Crippen molar-refractivity contribution in [1.82, 2.24) is 0 Å². The molecule has 0 N–H and O–H groups in total. The monoisotopic (exact) mass is 206 g/mol. The highest BCUT2D eigenvalue weighted by Crippen LogP contribution is 2.62. The fourth-order valence-electron chi connectivity index (χ4n) is 1.05. The molecule has 0 amide bonds. The van der Waals surface area contributed by atoms with Crippen LogP contribution in [0, 0.1) is 28.6 Å². The van der Waals surface area contributed by atoms with Gasteiger partial charge in [0.15, 0.2) is 0 Å². The van der Waals surface area contributed by atoms with Gasteiger partial charge in [-0.1, -0.05) is 20.3 Å². The quantitative estimate of drug-likeness (QED) is 0.712. The lowest BCUT2D eigenvalue weighted by molar-refractivity contribution is 0.499. The van der Waals surface area contributed by atoms with E-state index in [9.17, 15) is 7.77 Å². The number of hydrogen-bond donors (Lipinski definition) is 0. The molecular weight excluding hydrogens is 194 g/mol. The number of nitriles is 2. The summed E-state index contributed by atoms with van der Waals surface area (Å²) in [5.74, 6) is -0.600. The van der Waals surface area contributed by atoms with Crippen LogP contribution < -0.4 is 0 Å². The summed E-state index contributed by atoms with van der Waals surface area (Å²) in [6.45, 7) is 3.20. The van der Waals surface area contributed by atoms with Crippen molar-refractivity contribution in [2.75, 3.05) is 6.26 Å². The second-order valence-corrected chi connectivity index (χ2v) is 5.09. The molecule has 0 aromatic rings. The van der Waals surface area contributed by atoms with Gasteiger partial charge in [-0.3, -0.25) is 0 Å². The Bertz CT molecular complexity index is 245. The molecule has 0 fully saturated rings. The number of halogens is 2. The summed E-state index contributed by atoms with van der Waals surface area (Å²) in [6, 6.07) is 2.96. The molecule has 1 atom stereocenters. The predicted molar refractivity (Wildman–Crippen MR) is 49.1 cm³/mol. The lowest BCUT2D eigenvalue weighted by atomic mass is 9.93. The van der Waals surface area contributed by atoms with Crippen molar-refractivity contribution in [1.29, 1.82) is 10.5 Å². The van der Waals surface area contributed by atoms with E-state index in [-0.39, 0.29) is 0 Å². The summed E-state index contributed by atoms with van der Waals surface area (Å²) in [7, 11) is -4.16. The lowest BCUT2D eigenvalue weighted by Gasteiger charge is -2.33. The minimum atomic E-state index is -4.16. The van der Waals surface area contributed by atoms with E-state index in [1.54, 1.807) is 6.92 Å². The van der Waals surface area contributed by atoms with Crippen LogP contribution in [-0.4, -0.2) is 11.0 Å². The summed E-state index contributed by atoms with van der Waals surface area (Å²) in [5.41, 5.74) is 0. The average molecular weight is 206 g/mol. The maximum atomic E-state index is 13.1. The Morgan fingerprint density at radius 3 is 1.85 bits per heavy atom. The Hall–Kier alpha value is -0.810. The van der Waals surface area contributed by atoms with Crippen LogP contribution in [0.1, 0.15) is 20.3 Å². The lowest BCUT2D eigenvalue weighted by Crippen LogP contribution is -2.35. The van der Waals surface area contributed by atoms with Gasteiger partial charge in [0.2, 0.25) is 4.75 Å². The van der Waals surface area contributed by atoms with Crippen LogP contribution >= 0.6 is 10.8 Å². The highest BCUT2D eigenvalue weighted by Gasteiger charge is 2.51. The van der Waals surface area contributed by atoms with Crippen molar-refractivity contribution in [2.45, 2.75) is 25.0 Å². The van der Waals surface area contributed by atoms with E-state index >= 15 is 0 Å². The summed E-state index contributed by atoms with van der Waals surface area (Å²) in [4.78, 5) is 0. The molecule has 0 saturated heterocycles. The summed E-state index contributed by atoms with van der Waals surface area (Å²) in [5, 5.41) is 17.4. The molecule has 1 unspecified atom stereocenters. The van der Waals surface area contributed by atoms with Crippen LogP contribution in [0.5, 0.6) is 0 Å². The van der Waals surface area contributed by atoms with E-state index in [2.05, 4.69) is 0 Å². The normalized spacial score (nSPS) is 15.6. The highest BCUT2D eigenvalue weighted by atomic mass is 32.3. The number of nitrogens with zero attached hydrogens (tertiary/aromatic N) is 2. The van der Waals surface area contributed by atoms with Crippen molar-refractivity contribution >= 4 is 10.8 Å². The molecule has 5 heteroatoms. The molecule has 0 saturated carbocycles. The Morgan fingerprint density at radius 1 is 1.38 bits per heavy atom. The van der Waals surface area contributed by atoms with Crippen molar-refractivity contribution in [3.8, 4) is 12.1 Å². The van der Waals surface area contributed by atoms with Gasteiger partial charge in [-0.2, -0.15) is 18.3 Å².